The summed E-state index contributed by atoms with van der Waals surface area (Å²) in [6, 6.07) is 11.2. The number of anilines is 2. The minimum Gasteiger partial charge on any atom is -0.246 e. The zero-order valence-electron chi connectivity index (χ0n) is 9.03. The van der Waals surface area contributed by atoms with E-state index in [2.05, 4.69) is 0 Å². The van der Waals surface area contributed by atoms with Crippen LogP contribution in [-0.4, -0.2) is 4.05 Å². The zero-order chi connectivity index (χ0) is 13.1. The lowest BCUT2D eigenvalue weighted by Crippen LogP contribution is -2.24. The molecule has 0 saturated heterocycles. The SMILES string of the molecule is Fc1ccc(N(c2ccc(F)cc2)N(Cl)Cl)cc1. The molecule has 18 heavy (non-hydrogen) atoms. The summed E-state index contributed by atoms with van der Waals surface area (Å²) in [5.74, 6) is -0.734. The molecule has 0 fully saturated rings. The van der Waals surface area contributed by atoms with Gasteiger partial charge in [0.2, 0.25) is 0 Å². The number of halogens is 4. The fourth-order valence-electron chi connectivity index (χ4n) is 1.49. The van der Waals surface area contributed by atoms with E-state index in [1.54, 1.807) is 0 Å². The highest BCUT2D eigenvalue weighted by atomic mass is 35.5. The van der Waals surface area contributed by atoms with Gasteiger partial charge in [-0.05, 0) is 52.6 Å². The number of hydrazine groups is 1. The molecular weight excluding hydrogens is 281 g/mol. The molecule has 2 aromatic rings. The van der Waals surface area contributed by atoms with Gasteiger partial charge in [-0.15, -0.1) is 0 Å². The number of hydrogen-bond acceptors (Lipinski definition) is 2. The van der Waals surface area contributed by atoms with Gasteiger partial charge in [-0.3, -0.25) is 0 Å². The van der Waals surface area contributed by atoms with Crippen LogP contribution in [0.3, 0.4) is 0 Å². The van der Waals surface area contributed by atoms with Crippen LogP contribution in [0.5, 0.6) is 0 Å². The maximum Gasteiger partial charge on any atom is 0.123 e. The van der Waals surface area contributed by atoms with E-state index in [1.165, 1.54) is 53.5 Å². The highest BCUT2D eigenvalue weighted by molar-refractivity contribution is 6.34. The van der Waals surface area contributed by atoms with Gasteiger partial charge in [0.05, 0.1) is 11.4 Å². The molecular formula is C12H8Cl2F2N2. The van der Waals surface area contributed by atoms with Crippen molar-refractivity contribution >= 4 is 34.9 Å². The average Bonchev–Trinajstić information content (AvgIpc) is 2.34. The summed E-state index contributed by atoms with van der Waals surface area (Å²) in [6.45, 7) is 0. The summed E-state index contributed by atoms with van der Waals surface area (Å²) in [5, 5.41) is 1.39. The fourth-order valence-corrected chi connectivity index (χ4v) is 1.84. The maximum atomic E-state index is 12.9. The van der Waals surface area contributed by atoms with E-state index in [-0.39, 0.29) is 11.6 Å². The predicted molar refractivity (Wildman–Crippen MR) is 68.5 cm³/mol. The van der Waals surface area contributed by atoms with E-state index in [9.17, 15) is 8.78 Å². The van der Waals surface area contributed by atoms with Crippen LogP contribution in [0.25, 0.3) is 0 Å². The van der Waals surface area contributed by atoms with Crippen molar-refractivity contribution in [3.8, 4) is 0 Å². The Morgan fingerprint density at radius 2 is 1.00 bits per heavy atom. The van der Waals surface area contributed by atoms with E-state index in [1.807, 2.05) is 0 Å². The largest absolute Gasteiger partial charge is 0.246 e. The molecule has 0 radical (unpaired) electrons. The average molecular weight is 289 g/mol. The molecule has 0 aliphatic heterocycles. The van der Waals surface area contributed by atoms with Crippen LogP contribution < -0.4 is 5.01 Å². The first-order valence-electron chi connectivity index (χ1n) is 5.01. The summed E-state index contributed by atoms with van der Waals surface area (Å²) >= 11 is 11.5. The van der Waals surface area contributed by atoms with E-state index in [0.717, 1.165) is 4.05 Å². The summed E-state index contributed by atoms with van der Waals surface area (Å²) in [5.41, 5.74) is 1.10. The Labute approximate surface area is 113 Å². The van der Waals surface area contributed by atoms with Crippen molar-refractivity contribution in [3.63, 3.8) is 0 Å². The smallest absolute Gasteiger partial charge is 0.123 e. The number of hydrogen-bond donors (Lipinski definition) is 0. The first-order chi connectivity index (χ1) is 8.58. The van der Waals surface area contributed by atoms with Gasteiger partial charge in [-0.2, -0.15) is 0 Å². The molecule has 2 rings (SSSR count). The molecule has 0 unspecified atom stereocenters. The lowest BCUT2D eigenvalue weighted by molar-refractivity contribution is 0.625. The first kappa shape index (κ1) is 13.1. The van der Waals surface area contributed by atoms with Gasteiger partial charge >= 0.3 is 0 Å². The van der Waals surface area contributed by atoms with Crippen LogP contribution in [0.4, 0.5) is 20.2 Å². The Morgan fingerprint density at radius 3 is 1.28 bits per heavy atom. The van der Waals surface area contributed by atoms with Crippen molar-refractivity contribution in [2.24, 2.45) is 0 Å². The van der Waals surface area contributed by atoms with E-state index in [0.29, 0.717) is 11.4 Å². The van der Waals surface area contributed by atoms with Crippen LogP contribution in [0.1, 0.15) is 0 Å². The second-order valence-electron chi connectivity index (χ2n) is 3.48. The highest BCUT2D eigenvalue weighted by Gasteiger charge is 2.15. The summed E-state index contributed by atoms with van der Waals surface area (Å²) in [6.07, 6.45) is 0. The Morgan fingerprint density at radius 1 is 0.667 bits per heavy atom. The summed E-state index contributed by atoms with van der Waals surface area (Å²) in [7, 11) is 0. The van der Waals surface area contributed by atoms with Gasteiger partial charge in [0.25, 0.3) is 0 Å². The van der Waals surface area contributed by atoms with Crippen LogP contribution in [-0.2, 0) is 0 Å². The topological polar surface area (TPSA) is 6.48 Å². The van der Waals surface area contributed by atoms with E-state index >= 15 is 0 Å². The minimum absolute atomic E-state index is 0.367. The van der Waals surface area contributed by atoms with Gasteiger partial charge in [-0.1, -0.05) is 0 Å². The van der Waals surface area contributed by atoms with E-state index < -0.39 is 0 Å². The molecule has 0 aliphatic carbocycles. The molecule has 0 atom stereocenters. The lowest BCUT2D eigenvalue weighted by Gasteiger charge is -2.26. The van der Waals surface area contributed by atoms with Gasteiger partial charge < -0.3 is 0 Å². The van der Waals surface area contributed by atoms with Gasteiger partial charge in [-0.25, -0.2) is 13.8 Å². The molecule has 0 saturated carbocycles. The Balaban J connectivity index is 2.39. The Bertz CT molecular complexity index is 469. The third-order valence-corrected chi connectivity index (χ3v) is 2.60. The van der Waals surface area contributed by atoms with Crippen molar-refractivity contribution in [1.29, 1.82) is 0 Å². The molecule has 0 spiro atoms. The van der Waals surface area contributed by atoms with E-state index in [4.69, 9.17) is 23.6 Å². The highest BCUT2D eigenvalue weighted by Crippen LogP contribution is 2.29. The van der Waals surface area contributed by atoms with Crippen LogP contribution >= 0.6 is 23.6 Å². The van der Waals surface area contributed by atoms with Crippen molar-refractivity contribution in [2.75, 3.05) is 5.01 Å². The summed E-state index contributed by atoms with van der Waals surface area (Å²) in [4.78, 5) is 0. The molecule has 0 heterocycles. The van der Waals surface area contributed by atoms with Crippen molar-refractivity contribution in [3.05, 3.63) is 60.2 Å². The van der Waals surface area contributed by atoms with Crippen molar-refractivity contribution in [1.82, 2.24) is 4.05 Å². The minimum atomic E-state index is -0.367. The van der Waals surface area contributed by atoms with Gasteiger partial charge in [0.1, 0.15) is 11.6 Å². The molecule has 0 N–H and O–H groups in total. The zero-order valence-corrected chi connectivity index (χ0v) is 10.5. The Kier molecular flexibility index (Phi) is 4.01. The first-order valence-corrected chi connectivity index (χ1v) is 5.68. The fraction of sp³-hybridized carbons (Fsp3) is 0. The normalized spacial score (nSPS) is 10.7. The summed E-state index contributed by atoms with van der Waals surface area (Å²) < 4.78 is 26.5. The third-order valence-electron chi connectivity index (χ3n) is 2.29. The molecule has 0 aromatic heterocycles. The van der Waals surface area contributed by atoms with Crippen molar-refractivity contribution in [2.45, 2.75) is 0 Å². The monoisotopic (exact) mass is 288 g/mol. The molecule has 2 aromatic carbocycles. The molecule has 0 bridgehead atoms. The van der Waals surface area contributed by atoms with Gasteiger partial charge in [0.15, 0.2) is 0 Å². The van der Waals surface area contributed by atoms with Crippen molar-refractivity contribution < 1.29 is 8.78 Å². The number of benzene rings is 2. The van der Waals surface area contributed by atoms with Crippen LogP contribution in [0.2, 0.25) is 0 Å². The van der Waals surface area contributed by atoms with Crippen LogP contribution in [0, 0.1) is 11.6 Å². The number of nitrogens with zero attached hydrogens (tertiary/aromatic N) is 2. The van der Waals surface area contributed by atoms with Gasteiger partial charge in [0, 0.05) is 23.6 Å². The second kappa shape index (κ2) is 5.52. The molecule has 6 heteroatoms. The molecule has 2 nitrogen and oxygen atoms in total. The quantitative estimate of drug-likeness (QED) is 0.600. The molecule has 0 aliphatic rings. The predicted octanol–water partition coefficient (Wildman–Crippen LogP) is 4.63. The maximum absolute atomic E-state index is 12.9. The lowest BCUT2D eigenvalue weighted by atomic mass is 10.2. The van der Waals surface area contributed by atoms with Crippen LogP contribution in [0.15, 0.2) is 48.5 Å². The Hall–Kier alpha value is -1.36. The molecule has 94 valence electrons. The number of rotatable bonds is 3. The standard InChI is InChI=1S/C12H8Cl2F2N2/c13-18(14)17(11-5-1-9(15)2-6-11)12-7-3-10(16)4-8-12/h1-8H. The second-order valence-corrected chi connectivity index (χ2v) is 4.29. The molecule has 0 amide bonds. The third kappa shape index (κ3) is 2.90.